The summed E-state index contributed by atoms with van der Waals surface area (Å²) in [7, 11) is 0. The summed E-state index contributed by atoms with van der Waals surface area (Å²) in [4.78, 5) is 15.2. The summed E-state index contributed by atoms with van der Waals surface area (Å²) in [5, 5.41) is 5.17. The van der Waals surface area contributed by atoms with Crippen molar-refractivity contribution in [2.45, 2.75) is 0 Å². The van der Waals surface area contributed by atoms with Crippen molar-refractivity contribution in [1.29, 1.82) is 0 Å². The molecule has 94 valence electrons. The molecule has 0 amide bonds. The van der Waals surface area contributed by atoms with E-state index in [1.807, 2.05) is 0 Å². The zero-order valence-electron chi connectivity index (χ0n) is 9.65. The van der Waals surface area contributed by atoms with Gasteiger partial charge in [-0.15, -0.1) is 11.3 Å². The molecular weight excluding hydrogens is 265 g/mol. The molecule has 1 heterocycles. The quantitative estimate of drug-likeness (QED) is 0.267. The molecule has 0 aliphatic rings. The van der Waals surface area contributed by atoms with Gasteiger partial charge in [0.2, 0.25) is 5.78 Å². The zero-order chi connectivity index (χ0) is 13.7. The van der Waals surface area contributed by atoms with E-state index in [-0.39, 0.29) is 17.3 Å². The number of allylic oxidation sites excluding steroid dienone is 1. The highest BCUT2D eigenvalue weighted by Gasteiger charge is 2.11. The number of nitrogens with zero attached hydrogens (tertiary/aromatic N) is 3. The average Bonchev–Trinajstić information content (AvgIpc) is 2.94. The average molecular weight is 273 g/mol. The van der Waals surface area contributed by atoms with E-state index in [4.69, 9.17) is 5.53 Å². The molecule has 2 rings (SSSR count). The van der Waals surface area contributed by atoms with Gasteiger partial charge in [-0.05, 0) is 40.7 Å². The minimum Gasteiger partial charge on any atom is -0.288 e. The van der Waals surface area contributed by atoms with E-state index in [2.05, 4.69) is 10.0 Å². The van der Waals surface area contributed by atoms with Crippen molar-refractivity contribution in [3.63, 3.8) is 0 Å². The van der Waals surface area contributed by atoms with Gasteiger partial charge in [0.15, 0.2) is 0 Å². The number of carbonyl (C=O) groups is 1. The van der Waals surface area contributed by atoms with Gasteiger partial charge in [-0.1, -0.05) is 23.3 Å². The van der Waals surface area contributed by atoms with E-state index < -0.39 is 0 Å². The van der Waals surface area contributed by atoms with Crippen LogP contribution < -0.4 is 0 Å². The van der Waals surface area contributed by atoms with Gasteiger partial charge in [-0.2, -0.15) is 0 Å². The number of rotatable bonds is 4. The second-order valence-corrected chi connectivity index (χ2v) is 4.52. The van der Waals surface area contributed by atoms with Crippen molar-refractivity contribution in [1.82, 2.24) is 0 Å². The second kappa shape index (κ2) is 5.95. The molecule has 0 N–H and O–H groups in total. The maximum absolute atomic E-state index is 12.8. The van der Waals surface area contributed by atoms with Gasteiger partial charge in [-0.3, -0.25) is 4.79 Å². The third kappa shape index (κ3) is 3.28. The molecule has 6 heteroatoms. The number of ketones is 1. The van der Waals surface area contributed by atoms with E-state index in [0.29, 0.717) is 10.4 Å². The molecule has 0 radical (unpaired) electrons. The number of halogens is 1. The number of Topliss-reactive ketones (excluding diaryl/α,β-unsaturated/α-hetero) is 1. The van der Waals surface area contributed by atoms with E-state index in [1.165, 1.54) is 41.7 Å². The van der Waals surface area contributed by atoms with Crippen LogP contribution in [0.3, 0.4) is 0 Å². The molecule has 0 bridgehead atoms. The first-order valence-corrected chi connectivity index (χ1v) is 6.19. The van der Waals surface area contributed by atoms with Crippen LogP contribution in [0.25, 0.3) is 16.5 Å². The Balaban J connectivity index is 2.37. The highest BCUT2D eigenvalue weighted by atomic mass is 32.1. The number of benzene rings is 1. The van der Waals surface area contributed by atoms with Crippen LogP contribution in [0.4, 0.5) is 4.39 Å². The lowest BCUT2D eigenvalue weighted by Gasteiger charge is -1.99. The van der Waals surface area contributed by atoms with Crippen LogP contribution in [0.2, 0.25) is 0 Å². The third-order valence-electron chi connectivity index (χ3n) is 2.30. The van der Waals surface area contributed by atoms with Gasteiger partial charge < -0.3 is 0 Å². The summed E-state index contributed by atoms with van der Waals surface area (Å²) in [5.74, 6) is -0.718. The lowest BCUT2D eigenvalue weighted by atomic mass is 10.1. The fraction of sp³-hybridized carbons (Fsp3) is 0. The van der Waals surface area contributed by atoms with E-state index in [0.717, 1.165) is 0 Å². The molecule has 0 spiro atoms. The van der Waals surface area contributed by atoms with Gasteiger partial charge in [0.05, 0.1) is 10.6 Å². The van der Waals surface area contributed by atoms with E-state index in [1.54, 1.807) is 17.5 Å². The molecule has 1 aromatic carbocycles. The standard InChI is InChI=1S/C13H8FN3OS/c14-10-5-3-9(4-6-10)8-11(16-17-15)13(18)12-2-1-7-19-12/h1-8H/b11-8-. The first-order valence-electron chi connectivity index (χ1n) is 5.31. The number of thiophene rings is 1. The van der Waals surface area contributed by atoms with Crippen LogP contribution in [0.5, 0.6) is 0 Å². The Hall–Kier alpha value is -2.43. The zero-order valence-corrected chi connectivity index (χ0v) is 10.5. The van der Waals surface area contributed by atoms with Crippen molar-refractivity contribution in [3.8, 4) is 0 Å². The number of hydrogen-bond donors (Lipinski definition) is 0. The molecule has 2 aromatic rings. The Bertz CT molecular complexity index is 656. The molecular formula is C13H8FN3OS. The Morgan fingerprint density at radius 1 is 1.32 bits per heavy atom. The smallest absolute Gasteiger partial charge is 0.205 e. The maximum Gasteiger partial charge on any atom is 0.205 e. The van der Waals surface area contributed by atoms with Crippen LogP contribution in [0.15, 0.2) is 52.6 Å². The number of hydrogen-bond acceptors (Lipinski definition) is 3. The van der Waals surface area contributed by atoms with Gasteiger partial charge >= 0.3 is 0 Å². The highest BCUT2D eigenvalue weighted by Crippen LogP contribution is 2.18. The van der Waals surface area contributed by atoms with Gasteiger partial charge in [0, 0.05) is 4.91 Å². The van der Waals surface area contributed by atoms with Gasteiger partial charge in [0.25, 0.3) is 0 Å². The topological polar surface area (TPSA) is 65.8 Å². The predicted octanol–water partition coefficient (Wildman–Crippen LogP) is 4.42. The summed E-state index contributed by atoms with van der Waals surface area (Å²) in [6, 6.07) is 8.94. The number of azide groups is 1. The minimum absolute atomic E-state index is 0.0171. The molecule has 0 aliphatic heterocycles. The largest absolute Gasteiger partial charge is 0.288 e. The maximum atomic E-state index is 12.8. The summed E-state index contributed by atoms with van der Waals surface area (Å²) in [6.45, 7) is 0. The highest BCUT2D eigenvalue weighted by molar-refractivity contribution is 7.12. The van der Waals surface area contributed by atoms with Crippen LogP contribution >= 0.6 is 11.3 Å². The Kier molecular flexibility index (Phi) is 4.07. The first kappa shape index (κ1) is 13.0. The number of carbonyl (C=O) groups excluding carboxylic acids is 1. The summed E-state index contributed by atoms with van der Waals surface area (Å²) in [6.07, 6.45) is 1.43. The van der Waals surface area contributed by atoms with E-state index >= 15 is 0 Å². The Morgan fingerprint density at radius 2 is 2.05 bits per heavy atom. The molecule has 0 saturated carbocycles. The minimum atomic E-state index is -0.368. The fourth-order valence-corrected chi connectivity index (χ4v) is 2.11. The van der Waals surface area contributed by atoms with E-state index in [9.17, 15) is 9.18 Å². The van der Waals surface area contributed by atoms with Crippen LogP contribution in [-0.4, -0.2) is 5.78 Å². The van der Waals surface area contributed by atoms with Gasteiger partial charge in [-0.25, -0.2) is 4.39 Å². The molecule has 4 nitrogen and oxygen atoms in total. The van der Waals surface area contributed by atoms with Crippen molar-refractivity contribution in [2.75, 3.05) is 0 Å². The third-order valence-corrected chi connectivity index (χ3v) is 3.17. The van der Waals surface area contributed by atoms with Crippen molar-refractivity contribution < 1.29 is 9.18 Å². The fourth-order valence-electron chi connectivity index (χ4n) is 1.44. The molecule has 0 aliphatic carbocycles. The summed E-state index contributed by atoms with van der Waals surface area (Å²) in [5.41, 5.74) is 9.09. The molecule has 19 heavy (non-hydrogen) atoms. The Labute approximate surface area is 112 Å². The SMILES string of the molecule is [N-]=[N+]=N/C(=C\c1ccc(F)cc1)C(=O)c1cccs1. The second-order valence-electron chi connectivity index (χ2n) is 3.58. The van der Waals surface area contributed by atoms with Crippen molar-refractivity contribution in [3.05, 3.63) is 74.2 Å². The summed E-state index contributed by atoms with van der Waals surface area (Å²) >= 11 is 1.26. The first-order chi connectivity index (χ1) is 9.20. The normalized spacial score (nSPS) is 10.9. The van der Waals surface area contributed by atoms with Gasteiger partial charge in [0.1, 0.15) is 5.82 Å². The van der Waals surface area contributed by atoms with Crippen LogP contribution in [0, 0.1) is 5.82 Å². The molecule has 0 saturated heterocycles. The Morgan fingerprint density at radius 3 is 2.63 bits per heavy atom. The molecule has 1 aromatic heterocycles. The summed E-state index contributed by atoms with van der Waals surface area (Å²) < 4.78 is 12.8. The van der Waals surface area contributed by atoms with Crippen molar-refractivity contribution >= 4 is 23.2 Å². The predicted molar refractivity (Wildman–Crippen MR) is 72.2 cm³/mol. The lowest BCUT2D eigenvalue weighted by molar-refractivity contribution is 0.103. The lowest BCUT2D eigenvalue weighted by Crippen LogP contribution is -1.98. The van der Waals surface area contributed by atoms with Crippen LogP contribution in [0.1, 0.15) is 15.2 Å². The van der Waals surface area contributed by atoms with Crippen LogP contribution in [-0.2, 0) is 0 Å². The molecule has 0 unspecified atom stereocenters. The molecule has 0 atom stereocenters. The molecule has 0 fully saturated rings. The monoisotopic (exact) mass is 273 g/mol. The van der Waals surface area contributed by atoms with Crippen molar-refractivity contribution in [2.24, 2.45) is 5.11 Å².